The Kier molecular flexibility index (Phi) is 6.77. The Balaban J connectivity index is 1.32. The first kappa shape index (κ1) is 23.7. The van der Waals surface area contributed by atoms with Gasteiger partial charge in [-0.1, -0.05) is 91.0 Å². The van der Waals surface area contributed by atoms with Gasteiger partial charge in [0.05, 0.1) is 17.2 Å². The molecule has 8 heteroatoms. The minimum atomic E-state index is -1.46. The molecule has 2 aliphatic rings. The lowest BCUT2D eigenvalue weighted by atomic mass is 10.0. The molecule has 2 amide bonds. The Hall–Kier alpha value is -4.04. The van der Waals surface area contributed by atoms with Crippen LogP contribution in [0.1, 0.15) is 22.8 Å². The molecule has 2 aliphatic heterocycles. The molecule has 0 aliphatic carbocycles. The van der Waals surface area contributed by atoms with Gasteiger partial charge in [-0.2, -0.15) is 0 Å². The standard InChI is InChI=1S/C28H24N2O5S/c31-23(18-19-10-4-1-5-11-19)29-24-26(32)30-22(16-17-36(34)27(24)30)28(33)35-25(20-12-6-2-7-13-20)21-14-8-3-9-15-21/h1-16,24-25,27H,17-18H2,(H,29,31)/t24-,27-,36?/m1/s1. The van der Waals surface area contributed by atoms with Gasteiger partial charge in [-0.05, 0) is 22.8 Å². The molecule has 1 N–H and O–H groups in total. The van der Waals surface area contributed by atoms with Gasteiger partial charge in [-0.15, -0.1) is 0 Å². The largest absolute Gasteiger partial charge is 0.448 e. The molecule has 0 aromatic heterocycles. The summed E-state index contributed by atoms with van der Waals surface area (Å²) in [6.45, 7) is 0. The maximum atomic E-state index is 13.3. The topological polar surface area (TPSA) is 92.8 Å². The fraction of sp³-hybridized carbons (Fsp3) is 0.179. The van der Waals surface area contributed by atoms with Crippen molar-refractivity contribution >= 4 is 28.6 Å². The van der Waals surface area contributed by atoms with Gasteiger partial charge in [0.2, 0.25) is 5.91 Å². The van der Waals surface area contributed by atoms with E-state index >= 15 is 0 Å². The zero-order valence-corrected chi connectivity index (χ0v) is 20.1. The molecule has 2 heterocycles. The van der Waals surface area contributed by atoms with E-state index in [1.807, 2.05) is 91.0 Å². The second-order valence-corrected chi connectivity index (χ2v) is 10.1. The lowest BCUT2D eigenvalue weighted by molar-refractivity contribution is -0.154. The summed E-state index contributed by atoms with van der Waals surface area (Å²) >= 11 is 0. The average molecular weight is 501 g/mol. The van der Waals surface area contributed by atoms with Gasteiger partial charge in [0, 0.05) is 5.75 Å². The van der Waals surface area contributed by atoms with Crippen molar-refractivity contribution in [3.05, 3.63) is 119 Å². The molecule has 1 unspecified atom stereocenters. The van der Waals surface area contributed by atoms with Crippen molar-refractivity contribution < 1.29 is 23.3 Å². The summed E-state index contributed by atoms with van der Waals surface area (Å²) in [6.07, 6.45) is 0.899. The van der Waals surface area contributed by atoms with Crippen molar-refractivity contribution in [3.8, 4) is 0 Å². The van der Waals surface area contributed by atoms with Crippen molar-refractivity contribution in [2.45, 2.75) is 23.9 Å². The number of carbonyl (C=O) groups is 3. The molecule has 1 saturated heterocycles. The first-order chi connectivity index (χ1) is 17.5. The summed E-state index contributed by atoms with van der Waals surface area (Å²) in [6, 6.07) is 26.9. The third kappa shape index (κ3) is 4.72. The molecule has 0 radical (unpaired) electrons. The minimum Gasteiger partial charge on any atom is -0.448 e. The first-order valence-electron chi connectivity index (χ1n) is 11.6. The number of benzene rings is 3. The zero-order chi connectivity index (χ0) is 25.1. The summed E-state index contributed by atoms with van der Waals surface area (Å²) in [5, 5.41) is 1.89. The molecule has 7 nitrogen and oxygen atoms in total. The van der Waals surface area contributed by atoms with Crippen LogP contribution in [0.5, 0.6) is 0 Å². The molecular weight excluding hydrogens is 476 g/mol. The van der Waals surface area contributed by atoms with Crippen LogP contribution < -0.4 is 5.32 Å². The zero-order valence-electron chi connectivity index (χ0n) is 19.3. The van der Waals surface area contributed by atoms with Gasteiger partial charge in [-0.25, -0.2) is 4.79 Å². The van der Waals surface area contributed by atoms with Crippen molar-refractivity contribution in [2.75, 3.05) is 5.75 Å². The highest BCUT2D eigenvalue weighted by molar-refractivity contribution is 7.86. The lowest BCUT2D eigenvalue weighted by Gasteiger charge is -2.48. The van der Waals surface area contributed by atoms with Crippen LogP contribution >= 0.6 is 0 Å². The molecule has 3 aromatic rings. The van der Waals surface area contributed by atoms with E-state index in [2.05, 4.69) is 5.32 Å². The van der Waals surface area contributed by atoms with Crippen LogP contribution in [0, 0.1) is 0 Å². The van der Waals surface area contributed by atoms with Crippen molar-refractivity contribution in [2.24, 2.45) is 0 Å². The highest BCUT2D eigenvalue weighted by Crippen LogP contribution is 2.34. The fourth-order valence-corrected chi connectivity index (χ4v) is 5.88. The van der Waals surface area contributed by atoms with E-state index in [-0.39, 0.29) is 23.8 Å². The summed E-state index contributed by atoms with van der Waals surface area (Å²) < 4.78 is 18.7. The quantitative estimate of drug-likeness (QED) is 0.398. The summed E-state index contributed by atoms with van der Waals surface area (Å²) in [7, 11) is -1.46. The van der Waals surface area contributed by atoms with E-state index in [9.17, 15) is 18.6 Å². The number of nitrogens with one attached hydrogen (secondary N) is 1. The third-order valence-corrected chi connectivity index (χ3v) is 7.69. The van der Waals surface area contributed by atoms with Gasteiger partial charge in [0.1, 0.15) is 17.1 Å². The van der Waals surface area contributed by atoms with E-state index in [1.165, 1.54) is 11.0 Å². The molecule has 182 valence electrons. The van der Waals surface area contributed by atoms with Crippen LogP contribution in [-0.4, -0.2) is 44.1 Å². The summed E-state index contributed by atoms with van der Waals surface area (Å²) in [5.41, 5.74) is 2.43. The number of ether oxygens (including phenoxy) is 1. The number of carbonyl (C=O) groups excluding carboxylic acids is 3. The van der Waals surface area contributed by atoms with E-state index < -0.39 is 40.2 Å². The van der Waals surface area contributed by atoms with Crippen molar-refractivity contribution in [1.29, 1.82) is 0 Å². The second-order valence-electron chi connectivity index (χ2n) is 8.55. The molecule has 3 atom stereocenters. The van der Waals surface area contributed by atoms with E-state index in [4.69, 9.17) is 4.74 Å². The number of hydrogen-bond donors (Lipinski definition) is 1. The highest BCUT2D eigenvalue weighted by atomic mass is 32.2. The molecule has 0 spiro atoms. The van der Waals surface area contributed by atoms with Crippen LogP contribution in [-0.2, 0) is 36.3 Å². The Morgan fingerprint density at radius 3 is 2.06 bits per heavy atom. The first-order valence-corrected chi connectivity index (χ1v) is 13.0. The number of β-lactam (4-membered cyclic amide) rings is 1. The Morgan fingerprint density at radius 1 is 0.917 bits per heavy atom. The second kappa shape index (κ2) is 10.3. The number of hydrogen-bond acceptors (Lipinski definition) is 5. The number of rotatable bonds is 7. The molecule has 36 heavy (non-hydrogen) atoms. The molecule has 1 fully saturated rings. The van der Waals surface area contributed by atoms with Gasteiger partial charge in [0.15, 0.2) is 6.10 Å². The molecular formula is C28H24N2O5S. The normalized spacial score (nSPS) is 20.7. The molecule has 5 rings (SSSR count). The minimum absolute atomic E-state index is 0.0509. The Bertz CT molecular complexity index is 1290. The number of amides is 2. The SMILES string of the molecule is O=C(Cc1ccccc1)N[C@@H]1C(=O)N2C(C(=O)OC(c3ccccc3)c3ccccc3)=CCS(=O)[C@H]12. The summed E-state index contributed by atoms with van der Waals surface area (Å²) in [5.74, 6) is -1.42. The van der Waals surface area contributed by atoms with Crippen LogP contribution in [0.4, 0.5) is 0 Å². The monoisotopic (exact) mass is 500 g/mol. The maximum Gasteiger partial charge on any atom is 0.355 e. The maximum absolute atomic E-state index is 13.3. The predicted octanol–water partition coefficient (Wildman–Crippen LogP) is 2.86. The number of fused-ring (bicyclic) bond motifs is 1. The van der Waals surface area contributed by atoms with Crippen LogP contribution in [0.2, 0.25) is 0 Å². The van der Waals surface area contributed by atoms with Crippen LogP contribution in [0.15, 0.2) is 103 Å². The van der Waals surface area contributed by atoms with E-state index in [1.54, 1.807) is 0 Å². The molecule has 0 saturated carbocycles. The van der Waals surface area contributed by atoms with Gasteiger partial charge in [-0.3, -0.25) is 18.7 Å². The van der Waals surface area contributed by atoms with Crippen LogP contribution in [0.25, 0.3) is 0 Å². The van der Waals surface area contributed by atoms with Gasteiger partial charge >= 0.3 is 5.97 Å². The molecule has 3 aromatic carbocycles. The van der Waals surface area contributed by atoms with Crippen molar-refractivity contribution in [1.82, 2.24) is 10.2 Å². The Morgan fingerprint density at radius 2 is 1.47 bits per heavy atom. The lowest BCUT2D eigenvalue weighted by Crippen LogP contribution is -2.73. The van der Waals surface area contributed by atoms with Crippen LogP contribution in [0.3, 0.4) is 0 Å². The summed E-state index contributed by atoms with van der Waals surface area (Å²) in [4.78, 5) is 40.0. The highest BCUT2D eigenvalue weighted by Gasteiger charge is 2.56. The smallest absolute Gasteiger partial charge is 0.355 e. The Labute approximate surface area is 211 Å². The third-order valence-electron chi connectivity index (χ3n) is 6.18. The van der Waals surface area contributed by atoms with E-state index in [0.717, 1.165) is 16.7 Å². The van der Waals surface area contributed by atoms with Gasteiger partial charge < -0.3 is 10.1 Å². The fourth-order valence-electron chi connectivity index (χ4n) is 4.42. The average Bonchev–Trinajstić information content (AvgIpc) is 2.91. The number of nitrogens with zero attached hydrogens (tertiary/aromatic N) is 1. The van der Waals surface area contributed by atoms with E-state index in [0.29, 0.717) is 0 Å². The number of esters is 1. The van der Waals surface area contributed by atoms with Crippen molar-refractivity contribution in [3.63, 3.8) is 0 Å². The van der Waals surface area contributed by atoms with Gasteiger partial charge in [0.25, 0.3) is 5.91 Å². The molecule has 0 bridgehead atoms. The predicted molar refractivity (Wildman–Crippen MR) is 135 cm³/mol.